The molecule has 0 unspecified atom stereocenters. The van der Waals surface area contributed by atoms with Gasteiger partial charge >= 0.3 is 0 Å². The van der Waals surface area contributed by atoms with Crippen molar-refractivity contribution in [3.05, 3.63) is 29.3 Å². The molecule has 0 bridgehead atoms. The lowest BCUT2D eigenvalue weighted by Crippen LogP contribution is -2.23. The van der Waals surface area contributed by atoms with Gasteiger partial charge in [0.1, 0.15) is 11.5 Å². The molecule has 0 N–H and O–H groups in total. The minimum absolute atomic E-state index is 0.292. The zero-order valence-corrected chi connectivity index (χ0v) is 8.76. The summed E-state index contributed by atoms with van der Waals surface area (Å²) in [5.41, 5.74) is 1.93. The molecular weight excluding hydrogens is 176 g/mol. The van der Waals surface area contributed by atoms with Crippen molar-refractivity contribution < 1.29 is 9.53 Å². The molecular formula is C12H14O2. The molecule has 0 aromatic heterocycles. The van der Waals surface area contributed by atoms with Crippen LogP contribution in [-0.4, -0.2) is 12.9 Å². The number of rotatable bonds is 1. The van der Waals surface area contributed by atoms with Gasteiger partial charge in [0.2, 0.25) is 0 Å². The third-order valence-corrected chi connectivity index (χ3v) is 3.03. The van der Waals surface area contributed by atoms with Gasteiger partial charge in [0, 0.05) is 11.8 Å². The van der Waals surface area contributed by atoms with Crippen LogP contribution in [0, 0.1) is 0 Å². The molecule has 1 aromatic rings. The van der Waals surface area contributed by atoms with Gasteiger partial charge in [-0.3, -0.25) is 4.79 Å². The maximum atomic E-state index is 11.7. The van der Waals surface area contributed by atoms with Crippen LogP contribution in [0.3, 0.4) is 0 Å². The number of ether oxygens (including phenoxy) is 1. The smallest absolute Gasteiger partial charge is 0.147 e. The van der Waals surface area contributed by atoms with Crippen molar-refractivity contribution in [3.63, 3.8) is 0 Å². The minimum Gasteiger partial charge on any atom is -0.497 e. The van der Waals surface area contributed by atoms with Crippen LogP contribution in [-0.2, 0) is 16.6 Å². The van der Waals surface area contributed by atoms with Crippen molar-refractivity contribution in [2.45, 2.75) is 25.7 Å². The van der Waals surface area contributed by atoms with Crippen molar-refractivity contribution in [2.75, 3.05) is 7.11 Å². The average molecular weight is 190 g/mol. The van der Waals surface area contributed by atoms with Gasteiger partial charge in [-0.15, -0.1) is 0 Å². The lowest BCUT2D eigenvalue weighted by Gasteiger charge is -2.17. The first-order chi connectivity index (χ1) is 6.55. The van der Waals surface area contributed by atoms with Crippen LogP contribution in [0.2, 0.25) is 0 Å². The summed E-state index contributed by atoms with van der Waals surface area (Å²) in [5.74, 6) is 1.12. The van der Waals surface area contributed by atoms with E-state index in [1.54, 1.807) is 7.11 Å². The first kappa shape index (κ1) is 9.25. The molecule has 0 atom stereocenters. The van der Waals surface area contributed by atoms with Gasteiger partial charge in [0.25, 0.3) is 0 Å². The average Bonchev–Trinajstić information content (AvgIpc) is 2.38. The summed E-state index contributed by atoms with van der Waals surface area (Å²) >= 11 is 0. The number of hydrogen-bond donors (Lipinski definition) is 0. The van der Waals surface area contributed by atoms with E-state index in [0.29, 0.717) is 12.2 Å². The van der Waals surface area contributed by atoms with Crippen molar-refractivity contribution in [1.29, 1.82) is 0 Å². The molecule has 0 saturated heterocycles. The normalized spacial score (nSPS) is 18.1. The molecule has 1 aromatic carbocycles. The van der Waals surface area contributed by atoms with Gasteiger partial charge in [0.15, 0.2) is 0 Å². The number of benzene rings is 1. The molecule has 2 nitrogen and oxygen atoms in total. The van der Waals surface area contributed by atoms with E-state index in [2.05, 4.69) is 0 Å². The molecule has 0 amide bonds. The summed E-state index contributed by atoms with van der Waals surface area (Å²) < 4.78 is 5.13. The summed E-state index contributed by atoms with van der Waals surface area (Å²) in [4.78, 5) is 11.7. The number of Topliss-reactive ketones (excluding diaryl/α,β-unsaturated/α-hetero) is 1. The summed E-state index contributed by atoms with van der Waals surface area (Å²) in [6.45, 7) is 3.96. The Bertz CT molecular complexity index is 391. The van der Waals surface area contributed by atoms with Crippen LogP contribution in [0.15, 0.2) is 18.2 Å². The van der Waals surface area contributed by atoms with Gasteiger partial charge in [-0.1, -0.05) is 6.07 Å². The van der Waals surface area contributed by atoms with E-state index in [1.807, 2.05) is 32.0 Å². The first-order valence-corrected chi connectivity index (χ1v) is 4.76. The number of methoxy groups -OCH3 is 1. The largest absolute Gasteiger partial charge is 0.497 e. The van der Waals surface area contributed by atoms with Gasteiger partial charge in [-0.05, 0) is 37.1 Å². The minimum atomic E-state index is -0.318. The number of hydrogen-bond acceptors (Lipinski definition) is 2. The Hall–Kier alpha value is -1.31. The Morgan fingerprint density at radius 2 is 2.07 bits per heavy atom. The zero-order chi connectivity index (χ0) is 10.3. The highest BCUT2D eigenvalue weighted by Crippen LogP contribution is 2.37. The van der Waals surface area contributed by atoms with Gasteiger partial charge < -0.3 is 4.74 Å². The highest BCUT2D eigenvalue weighted by atomic mass is 16.5. The standard InChI is InChI=1S/C12H14O2/c1-12(2)10-5-4-9(14-3)6-8(10)7-11(12)13/h4-6H,7H2,1-3H3. The van der Waals surface area contributed by atoms with Gasteiger partial charge in [-0.2, -0.15) is 0 Å². The lowest BCUT2D eigenvalue weighted by atomic mass is 9.86. The third kappa shape index (κ3) is 1.14. The van der Waals surface area contributed by atoms with Crippen molar-refractivity contribution >= 4 is 5.78 Å². The third-order valence-electron chi connectivity index (χ3n) is 3.03. The molecule has 0 saturated carbocycles. The quantitative estimate of drug-likeness (QED) is 0.677. The van der Waals surface area contributed by atoms with E-state index in [0.717, 1.165) is 16.9 Å². The fraction of sp³-hybridized carbons (Fsp3) is 0.417. The van der Waals surface area contributed by atoms with E-state index >= 15 is 0 Å². The number of ketones is 1. The highest BCUT2D eigenvalue weighted by Gasteiger charge is 2.37. The van der Waals surface area contributed by atoms with Crippen molar-refractivity contribution in [2.24, 2.45) is 0 Å². The lowest BCUT2D eigenvalue weighted by molar-refractivity contribution is -0.121. The SMILES string of the molecule is COc1ccc2c(c1)CC(=O)C2(C)C. The Balaban J connectivity index is 2.54. The second kappa shape index (κ2) is 2.84. The molecule has 0 fully saturated rings. The maximum absolute atomic E-state index is 11.7. The first-order valence-electron chi connectivity index (χ1n) is 4.76. The number of fused-ring (bicyclic) bond motifs is 1. The van der Waals surface area contributed by atoms with Crippen LogP contribution in [0.4, 0.5) is 0 Å². The second-order valence-electron chi connectivity index (χ2n) is 4.25. The Labute approximate surface area is 83.9 Å². The fourth-order valence-corrected chi connectivity index (χ4v) is 2.00. The zero-order valence-electron chi connectivity index (χ0n) is 8.76. The van der Waals surface area contributed by atoms with Crippen LogP contribution in [0.5, 0.6) is 5.75 Å². The number of carbonyl (C=O) groups is 1. The van der Waals surface area contributed by atoms with Gasteiger partial charge in [-0.25, -0.2) is 0 Å². The predicted molar refractivity (Wildman–Crippen MR) is 54.7 cm³/mol. The Morgan fingerprint density at radius 3 is 2.71 bits per heavy atom. The summed E-state index contributed by atoms with van der Waals surface area (Å²) in [6.07, 6.45) is 0.541. The molecule has 74 valence electrons. The Morgan fingerprint density at radius 1 is 1.36 bits per heavy atom. The van der Waals surface area contributed by atoms with E-state index in [9.17, 15) is 4.79 Å². The van der Waals surface area contributed by atoms with E-state index in [-0.39, 0.29) is 5.41 Å². The van der Waals surface area contributed by atoms with E-state index < -0.39 is 0 Å². The van der Waals surface area contributed by atoms with Crippen LogP contribution in [0.25, 0.3) is 0 Å². The van der Waals surface area contributed by atoms with Gasteiger partial charge in [0.05, 0.1) is 7.11 Å². The van der Waals surface area contributed by atoms with Crippen molar-refractivity contribution in [3.8, 4) is 5.75 Å². The van der Waals surface area contributed by atoms with Crippen LogP contribution < -0.4 is 4.74 Å². The molecule has 14 heavy (non-hydrogen) atoms. The molecule has 1 aliphatic rings. The molecule has 0 heterocycles. The monoisotopic (exact) mass is 190 g/mol. The van der Waals surface area contributed by atoms with Crippen LogP contribution in [0.1, 0.15) is 25.0 Å². The van der Waals surface area contributed by atoms with E-state index in [1.165, 1.54) is 0 Å². The molecule has 2 rings (SSSR count). The predicted octanol–water partition coefficient (Wildman–Crippen LogP) is 2.10. The summed E-state index contributed by atoms with van der Waals surface area (Å²) in [7, 11) is 1.64. The van der Waals surface area contributed by atoms with Crippen molar-refractivity contribution in [1.82, 2.24) is 0 Å². The molecule has 1 aliphatic carbocycles. The Kier molecular flexibility index (Phi) is 1.88. The van der Waals surface area contributed by atoms with Crippen LogP contribution >= 0.6 is 0 Å². The molecule has 2 heteroatoms. The summed E-state index contributed by atoms with van der Waals surface area (Å²) in [6, 6.07) is 5.88. The highest BCUT2D eigenvalue weighted by molar-refractivity contribution is 5.95. The molecule has 0 aliphatic heterocycles. The topological polar surface area (TPSA) is 26.3 Å². The molecule has 0 spiro atoms. The number of carbonyl (C=O) groups excluding carboxylic acids is 1. The summed E-state index contributed by atoms with van der Waals surface area (Å²) in [5, 5.41) is 0. The fourth-order valence-electron chi connectivity index (χ4n) is 2.00. The molecule has 0 radical (unpaired) electrons. The maximum Gasteiger partial charge on any atom is 0.147 e. The van der Waals surface area contributed by atoms with E-state index in [4.69, 9.17) is 4.74 Å². The second-order valence-corrected chi connectivity index (χ2v) is 4.25.